The van der Waals surface area contributed by atoms with Crippen molar-refractivity contribution in [3.05, 3.63) is 42.5 Å². The van der Waals surface area contributed by atoms with Gasteiger partial charge in [-0.05, 0) is 24.3 Å². The maximum absolute atomic E-state index is 13.1. The molecule has 3 fully saturated rings. The summed E-state index contributed by atoms with van der Waals surface area (Å²) >= 11 is 0. The molecule has 162 valence electrons. The average molecular weight is 421 g/mol. The Bertz CT molecular complexity index is 1010. The molecule has 3 amide bonds. The summed E-state index contributed by atoms with van der Waals surface area (Å²) in [6.07, 6.45) is 2.43. The maximum Gasteiger partial charge on any atom is 0.234 e. The first kappa shape index (κ1) is 20.0. The van der Waals surface area contributed by atoms with E-state index in [-0.39, 0.29) is 30.1 Å². The van der Waals surface area contributed by atoms with Gasteiger partial charge in [-0.25, -0.2) is 0 Å². The number of hydrogen-bond donors (Lipinski definition) is 1. The Kier molecular flexibility index (Phi) is 5.36. The molecule has 0 bridgehead atoms. The van der Waals surface area contributed by atoms with Crippen molar-refractivity contribution < 1.29 is 14.4 Å². The van der Waals surface area contributed by atoms with Gasteiger partial charge in [0.2, 0.25) is 17.7 Å². The fourth-order valence-corrected chi connectivity index (χ4v) is 4.64. The monoisotopic (exact) mass is 420 g/mol. The van der Waals surface area contributed by atoms with Crippen LogP contribution < -0.4 is 10.2 Å². The van der Waals surface area contributed by atoms with E-state index in [1.807, 2.05) is 47.4 Å². The number of carbonyl (C=O) groups excluding carboxylic acids is 3. The van der Waals surface area contributed by atoms with Crippen molar-refractivity contribution in [2.45, 2.75) is 25.3 Å². The van der Waals surface area contributed by atoms with Crippen molar-refractivity contribution in [1.82, 2.24) is 15.1 Å². The fourth-order valence-electron chi connectivity index (χ4n) is 4.64. The molecule has 0 spiro atoms. The minimum absolute atomic E-state index is 0.00471. The molecule has 0 unspecified atom stereocenters. The summed E-state index contributed by atoms with van der Waals surface area (Å²) in [5, 5.41) is 5.13. The normalized spacial score (nSPS) is 22.2. The highest BCUT2D eigenvalue weighted by molar-refractivity contribution is 6.07. The first-order valence-corrected chi connectivity index (χ1v) is 11.2. The van der Waals surface area contributed by atoms with Crippen LogP contribution in [0.4, 0.5) is 5.69 Å². The molecule has 0 radical (unpaired) electrons. The van der Waals surface area contributed by atoms with Gasteiger partial charge in [0, 0.05) is 50.6 Å². The number of amides is 3. The van der Waals surface area contributed by atoms with E-state index < -0.39 is 0 Å². The molecule has 1 saturated carbocycles. The number of benzene rings is 2. The maximum atomic E-state index is 13.1. The summed E-state index contributed by atoms with van der Waals surface area (Å²) in [5.41, 5.74) is 0.880. The summed E-state index contributed by atoms with van der Waals surface area (Å²) in [6.45, 7) is 3.42. The van der Waals surface area contributed by atoms with Crippen LogP contribution >= 0.6 is 0 Å². The molecule has 5 rings (SSSR count). The van der Waals surface area contributed by atoms with Gasteiger partial charge in [0.15, 0.2) is 0 Å². The molecule has 7 heteroatoms. The van der Waals surface area contributed by atoms with Crippen LogP contribution in [0.25, 0.3) is 10.8 Å². The molecular weight excluding hydrogens is 392 g/mol. The molecule has 1 N–H and O–H groups in total. The van der Waals surface area contributed by atoms with Crippen LogP contribution in [0.5, 0.6) is 0 Å². The quantitative estimate of drug-likeness (QED) is 0.798. The summed E-state index contributed by atoms with van der Waals surface area (Å²) in [5.74, 6) is -0.172. The Balaban J connectivity index is 1.19. The lowest BCUT2D eigenvalue weighted by atomic mass is 10.1. The van der Waals surface area contributed by atoms with Gasteiger partial charge >= 0.3 is 0 Å². The molecular formula is C24H28N4O3. The zero-order chi connectivity index (χ0) is 21.4. The molecule has 1 atom stereocenters. The van der Waals surface area contributed by atoms with E-state index in [1.54, 1.807) is 4.90 Å². The average Bonchev–Trinajstić information content (AvgIpc) is 3.51. The van der Waals surface area contributed by atoms with Crippen LogP contribution in [-0.2, 0) is 14.4 Å². The van der Waals surface area contributed by atoms with Gasteiger partial charge in [0.25, 0.3) is 0 Å². The number of rotatable bonds is 5. The summed E-state index contributed by atoms with van der Waals surface area (Å²) in [7, 11) is 0. The van der Waals surface area contributed by atoms with Gasteiger partial charge < -0.3 is 15.1 Å². The van der Waals surface area contributed by atoms with Crippen LogP contribution in [-0.4, -0.2) is 72.8 Å². The van der Waals surface area contributed by atoms with Gasteiger partial charge in [-0.15, -0.1) is 0 Å². The molecule has 1 aliphatic carbocycles. The fraction of sp³-hybridized carbons (Fsp3) is 0.458. The first-order valence-electron chi connectivity index (χ1n) is 11.2. The first-order chi connectivity index (χ1) is 15.1. The Morgan fingerprint density at radius 2 is 1.71 bits per heavy atom. The van der Waals surface area contributed by atoms with Gasteiger partial charge in [0.05, 0.1) is 18.2 Å². The van der Waals surface area contributed by atoms with Crippen LogP contribution in [0.3, 0.4) is 0 Å². The number of nitrogens with one attached hydrogen (secondary N) is 1. The molecule has 3 aliphatic rings. The lowest BCUT2D eigenvalue weighted by Gasteiger charge is -2.35. The highest BCUT2D eigenvalue weighted by Crippen LogP contribution is 2.32. The molecule has 31 heavy (non-hydrogen) atoms. The second-order valence-electron chi connectivity index (χ2n) is 8.85. The minimum atomic E-state index is -0.309. The number of piperazine rings is 1. The SMILES string of the molecule is O=C(CN1CCN(C(=O)[C@H]2CC(=O)N(c3cccc4ccccc34)C2)CC1)NC1CC1. The molecule has 2 heterocycles. The minimum Gasteiger partial charge on any atom is -0.352 e. The van der Waals surface area contributed by atoms with Gasteiger partial charge in [0.1, 0.15) is 0 Å². The number of anilines is 1. The third kappa shape index (κ3) is 4.28. The summed E-state index contributed by atoms with van der Waals surface area (Å²) in [4.78, 5) is 43.6. The predicted molar refractivity (Wildman–Crippen MR) is 119 cm³/mol. The Hall–Kier alpha value is -2.93. The Morgan fingerprint density at radius 1 is 0.968 bits per heavy atom. The molecule has 2 aliphatic heterocycles. The molecule has 7 nitrogen and oxygen atoms in total. The van der Waals surface area contributed by atoms with E-state index >= 15 is 0 Å². The van der Waals surface area contributed by atoms with Gasteiger partial charge in [-0.2, -0.15) is 0 Å². The molecule has 2 aromatic rings. The van der Waals surface area contributed by atoms with Crippen molar-refractivity contribution in [3.8, 4) is 0 Å². The standard InChI is InChI=1S/C24H28N4O3/c29-22(25-19-8-9-19)16-26-10-12-27(13-11-26)24(31)18-14-23(30)28(15-18)21-7-3-5-17-4-1-2-6-20(17)21/h1-7,18-19H,8-16H2,(H,25,29)/t18-/m0/s1. The number of nitrogens with zero attached hydrogens (tertiary/aromatic N) is 3. The number of fused-ring (bicyclic) bond motifs is 1. The largest absolute Gasteiger partial charge is 0.352 e. The van der Waals surface area contributed by atoms with Gasteiger partial charge in [-0.3, -0.25) is 19.3 Å². The molecule has 2 saturated heterocycles. The Morgan fingerprint density at radius 3 is 2.48 bits per heavy atom. The highest BCUT2D eigenvalue weighted by atomic mass is 16.2. The third-order valence-corrected chi connectivity index (χ3v) is 6.53. The van der Waals surface area contributed by atoms with E-state index in [9.17, 15) is 14.4 Å². The van der Waals surface area contributed by atoms with E-state index in [1.165, 1.54) is 0 Å². The van der Waals surface area contributed by atoms with Crippen LogP contribution in [0, 0.1) is 5.92 Å². The van der Waals surface area contributed by atoms with E-state index in [4.69, 9.17) is 0 Å². The van der Waals surface area contributed by atoms with Crippen molar-refractivity contribution in [2.75, 3.05) is 44.2 Å². The zero-order valence-corrected chi connectivity index (χ0v) is 17.6. The third-order valence-electron chi connectivity index (χ3n) is 6.53. The smallest absolute Gasteiger partial charge is 0.234 e. The lowest BCUT2D eigenvalue weighted by Crippen LogP contribution is -2.52. The van der Waals surface area contributed by atoms with Gasteiger partial charge in [-0.1, -0.05) is 36.4 Å². The van der Waals surface area contributed by atoms with Crippen molar-refractivity contribution in [1.29, 1.82) is 0 Å². The highest BCUT2D eigenvalue weighted by Gasteiger charge is 2.38. The second kappa shape index (κ2) is 8.30. The van der Waals surface area contributed by atoms with Crippen molar-refractivity contribution in [2.24, 2.45) is 5.92 Å². The summed E-state index contributed by atoms with van der Waals surface area (Å²) < 4.78 is 0. The second-order valence-corrected chi connectivity index (χ2v) is 8.85. The number of hydrogen-bond acceptors (Lipinski definition) is 4. The van der Waals surface area contributed by atoms with E-state index in [0.717, 1.165) is 29.3 Å². The number of carbonyl (C=O) groups is 3. The van der Waals surface area contributed by atoms with Crippen molar-refractivity contribution in [3.63, 3.8) is 0 Å². The van der Waals surface area contributed by atoms with Crippen LogP contribution in [0.2, 0.25) is 0 Å². The molecule has 2 aromatic carbocycles. The van der Waals surface area contributed by atoms with E-state index in [0.29, 0.717) is 45.3 Å². The lowest BCUT2D eigenvalue weighted by molar-refractivity contribution is -0.137. The topological polar surface area (TPSA) is 73.0 Å². The zero-order valence-electron chi connectivity index (χ0n) is 17.6. The summed E-state index contributed by atoms with van der Waals surface area (Å²) in [6, 6.07) is 14.3. The van der Waals surface area contributed by atoms with E-state index in [2.05, 4.69) is 10.2 Å². The van der Waals surface area contributed by atoms with Crippen LogP contribution in [0.15, 0.2) is 42.5 Å². The van der Waals surface area contributed by atoms with Crippen LogP contribution in [0.1, 0.15) is 19.3 Å². The Labute approximate surface area is 182 Å². The molecule has 0 aromatic heterocycles. The predicted octanol–water partition coefficient (Wildman–Crippen LogP) is 1.62. The van der Waals surface area contributed by atoms with Crippen molar-refractivity contribution >= 4 is 34.2 Å².